The van der Waals surface area contributed by atoms with Gasteiger partial charge in [0.1, 0.15) is 11.4 Å². The monoisotopic (exact) mass is 367 g/mol. The molecule has 1 aromatic carbocycles. The van der Waals surface area contributed by atoms with E-state index in [1.165, 1.54) is 11.0 Å². The molecule has 0 fully saturated rings. The van der Waals surface area contributed by atoms with Crippen LogP contribution in [0, 0.1) is 0 Å². The molecule has 2 heterocycles. The molecule has 140 valence electrons. The van der Waals surface area contributed by atoms with Crippen LogP contribution in [0.1, 0.15) is 24.2 Å². The first kappa shape index (κ1) is 18.3. The van der Waals surface area contributed by atoms with Crippen molar-refractivity contribution in [3.63, 3.8) is 0 Å². The summed E-state index contributed by atoms with van der Waals surface area (Å²) in [6, 6.07) is 7.34. The van der Waals surface area contributed by atoms with Gasteiger partial charge in [-0.25, -0.2) is 4.98 Å². The zero-order valence-corrected chi connectivity index (χ0v) is 15.0. The van der Waals surface area contributed by atoms with E-state index in [0.29, 0.717) is 24.0 Å². The third kappa shape index (κ3) is 4.76. The van der Waals surface area contributed by atoms with E-state index >= 15 is 0 Å². The van der Waals surface area contributed by atoms with Crippen LogP contribution in [0.2, 0.25) is 0 Å². The van der Waals surface area contributed by atoms with Crippen LogP contribution in [0.3, 0.4) is 0 Å². The third-order valence-corrected chi connectivity index (χ3v) is 3.51. The molecule has 3 rings (SSSR count). The van der Waals surface area contributed by atoms with E-state index in [-0.39, 0.29) is 5.56 Å². The predicted molar refractivity (Wildman–Crippen MR) is 102 cm³/mol. The number of hydrogen-bond donors (Lipinski definition) is 4. The van der Waals surface area contributed by atoms with Crippen molar-refractivity contribution in [2.75, 3.05) is 17.2 Å². The Kier molecular flexibility index (Phi) is 4.99. The Morgan fingerprint density at radius 2 is 2.00 bits per heavy atom. The largest absolute Gasteiger partial charge is 0.365 e. The molecule has 0 aliphatic heterocycles. The molecule has 0 radical (unpaired) electrons. The maximum Gasteiger partial charge on any atom is 0.254 e. The summed E-state index contributed by atoms with van der Waals surface area (Å²) in [7, 11) is 0. The van der Waals surface area contributed by atoms with Gasteiger partial charge in [0.25, 0.3) is 5.91 Å². The predicted octanol–water partition coefficient (Wildman–Crippen LogP) is 1.05. The van der Waals surface area contributed by atoms with Crippen molar-refractivity contribution in [1.82, 2.24) is 25.0 Å². The van der Waals surface area contributed by atoms with Crippen LogP contribution < -0.4 is 22.1 Å². The maximum absolute atomic E-state index is 11.7. The topological polar surface area (TPSA) is 150 Å². The first-order valence-corrected chi connectivity index (χ1v) is 8.25. The third-order valence-electron chi connectivity index (χ3n) is 3.51. The highest BCUT2D eigenvalue weighted by atomic mass is 16.1. The minimum Gasteiger partial charge on any atom is -0.365 e. The van der Waals surface area contributed by atoms with Gasteiger partial charge in [0, 0.05) is 24.0 Å². The molecule has 0 atom stereocenters. The number of aromatic nitrogens is 5. The highest BCUT2D eigenvalue weighted by Crippen LogP contribution is 2.21. The average molecular weight is 367 g/mol. The Labute approximate surface area is 156 Å². The minimum absolute atomic E-state index is 0.176. The molecular formula is C17H21N9O. The van der Waals surface area contributed by atoms with Crippen molar-refractivity contribution in [2.24, 2.45) is 11.5 Å². The molecule has 0 spiro atoms. The number of carbonyl (C=O) groups excluding carboxylic acids is 1. The zero-order chi connectivity index (χ0) is 19.4. The molecule has 27 heavy (non-hydrogen) atoms. The highest BCUT2D eigenvalue weighted by molar-refractivity contribution is 5.98. The van der Waals surface area contributed by atoms with E-state index in [2.05, 4.69) is 30.8 Å². The van der Waals surface area contributed by atoms with Gasteiger partial charge in [0.05, 0.1) is 18.1 Å². The molecule has 0 saturated heterocycles. The molecule has 3 aromatic rings. The van der Waals surface area contributed by atoms with Gasteiger partial charge in [-0.3, -0.25) is 4.79 Å². The van der Waals surface area contributed by atoms with Gasteiger partial charge in [-0.05, 0) is 32.0 Å². The molecule has 0 bridgehead atoms. The van der Waals surface area contributed by atoms with Crippen LogP contribution in [0.25, 0.3) is 5.69 Å². The van der Waals surface area contributed by atoms with Crippen molar-refractivity contribution in [3.8, 4) is 5.69 Å². The van der Waals surface area contributed by atoms with Gasteiger partial charge in [-0.1, -0.05) is 6.07 Å². The summed E-state index contributed by atoms with van der Waals surface area (Å²) in [4.78, 5) is 21.7. The SMILES string of the molecule is CC(C)(N)CNc1ncc(C(N)=O)c(Nc2cccc(-n3nccn3)c2)n1. The molecule has 10 heteroatoms. The minimum atomic E-state index is -0.631. The first-order valence-electron chi connectivity index (χ1n) is 8.25. The van der Waals surface area contributed by atoms with Gasteiger partial charge in [-0.15, -0.1) is 0 Å². The summed E-state index contributed by atoms with van der Waals surface area (Å²) in [6.45, 7) is 4.22. The van der Waals surface area contributed by atoms with Gasteiger partial charge < -0.3 is 22.1 Å². The van der Waals surface area contributed by atoms with E-state index in [1.807, 2.05) is 38.1 Å². The molecule has 0 aliphatic rings. The fourth-order valence-corrected chi connectivity index (χ4v) is 2.24. The van der Waals surface area contributed by atoms with Gasteiger partial charge in [-0.2, -0.15) is 20.0 Å². The van der Waals surface area contributed by atoms with Crippen LogP contribution in [0.15, 0.2) is 42.9 Å². The lowest BCUT2D eigenvalue weighted by Gasteiger charge is -2.19. The fraction of sp³-hybridized carbons (Fsp3) is 0.235. The summed E-state index contributed by atoms with van der Waals surface area (Å²) in [5.74, 6) is -0.000531. The number of nitrogens with one attached hydrogen (secondary N) is 2. The lowest BCUT2D eigenvalue weighted by atomic mass is 10.1. The fourth-order valence-electron chi connectivity index (χ4n) is 2.24. The van der Waals surface area contributed by atoms with Crippen molar-refractivity contribution < 1.29 is 4.79 Å². The summed E-state index contributed by atoms with van der Waals surface area (Å²) >= 11 is 0. The van der Waals surface area contributed by atoms with E-state index in [4.69, 9.17) is 11.5 Å². The van der Waals surface area contributed by atoms with Gasteiger partial charge in [0.2, 0.25) is 5.95 Å². The van der Waals surface area contributed by atoms with Gasteiger partial charge in [0.15, 0.2) is 0 Å². The number of carbonyl (C=O) groups is 1. The smallest absolute Gasteiger partial charge is 0.254 e. The van der Waals surface area contributed by atoms with Crippen molar-refractivity contribution in [1.29, 1.82) is 0 Å². The second-order valence-corrected chi connectivity index (χ2v) is 6.66. The molecule has 1 amide bonds. The van der Waals surface area contributed by atoms with Crippen LogP contribution in [0.4, 0.5) is 17.5 Å². The van der Waals surface area contributed by atoms with Crippen LogP contribution in [0.5, 0.6) is 0 Å². The van der Waals surface area contributed by atoms with Crippen LogP contribution >= 0.6 is 0 Å². The number of benzene rings is 1. The molecule has 0 unspecified atom stereocenters. The molecular weight excluding hydrogens is 346 g/mol. The Hall–Kier alpha value is -3.53. The molecule has 0 aliphatic carbocycles. The molecule has 0 saturated carbocycles. The van der Waals surface area contributed by atoms with Crippen LogP contribution in [-0.4, -0.2) is 43.0 Å². The zero-order valence-electron chi connectivity index (χ0n) is 15.0. The number of nitrogens with zero attached hydrogens (tertiary/aromatic N) is 5. The van der Waals surface area contributed by atoms with Crippen molar-refractivity contribution >= 4 is 23.4 Å². The Morgan fingerprint density at radius 3 is 2.67 bits per heavy atom. The standard InChI is InChI=1S/C17H21N9O/c1-17(2,19)10-21-16-20-9-13(14(18)27)15(25-16)24-11-4-3-5-12(8-11)26-22-6-7-23-26/h3-9H,10,19H2,1-2H3,(H2,18,27)(H2,20,21,24,25). The quantitative estimate of drug-likeness (QED) is 0.484. The summed E-state index contributed by atoms with van der Waals surface area (Å²) in [5.41, 5.74) is 12.6. The second-order valence-electron chi connectivity index (χ2n) is 6.66. The highest BCUT2D eigenvalue weighted by Gasteiger charge is 2.15. The summed E-state index contributed by atoms with van der Waals surface area (Å²) in [5, 5.41) is 14.3. The number of primary amides is 1. The number of amides is 1. The summed E-state index contributed by atoms with van der Waals surface area (Å²) < 4.78 is 0. The van der Waals surface area contributed by atoms with Gasteiger partial charge >= 0.3 is 0 Å². The average Bonchev–Trinajstić information content (AvgIpc) is 3.14. The molecule has 10 nitrogen and oxygen atoms in total. The number of hydrogen-bond acceptors (Lipinski definition) is 8. The Bertz CT molecular complexity index is 932. The summed E-state index contributed by atoms with van der Waals surface area (Å²) in [6.07, 6.45) is 4.56. The van der Waals surface area contributed by atoms with E-state index in [1.54, 1.807) is 12.4 Å². The number of rotatable bonds is 7. The maximum atomic E-state index is 11.7. The second kappa shape index (κ2) is 7.38. The van der Waals surface area contributed by atoms with E-state index in [9.17, 15) is 4.79 Å². The molecule has 2 aromatic heterocycles. The van der Waals surface area contributed by atoms with E-state index < -0.39 is 11.4 Å². The van der Waals surface area contributed by atoms with E-state index in [0.717, 1.165) is 5.69 Å². The van der Waals surface area contributed by atoms with Crippen molar-refractivity contribution in [2.45, 2.75) is 19.4 Å². The normalized spacial score (nSPS) is 11.2. The first-order chi connectivity index (χ1) is 12.8. The Balaban J connectivity index is 1.88. The van der Waals surface area contributed by atoms with Crippen molar-refractivity contribution in [3.05, 3.63) is 48.4 Å². The number of anilines is 3. The molecule has 6 N–H and O–H groups in total. The number of nitrogens with two attached hydrogens (primary N) is 2. The lowest BCUT2D eigenvalue weighted by Crippen LogP contribution is -2.40. The van der Waals surface area contributed by atoms with Crippen LogP contribution in [-0.2, 0) is 0 Å². The lowest BCUT2D eigenvalue weighted by molar-refractivity contribution is 0.100. The Morgan fingerprint density at radius 1 is 1.26 bits per heavy atom.